The van der Waals surface area contributed by atoms with E-state index in [4.69, 9.17) is 14.9 Å². The maximum Gasteiger partial charge on any atom is 0.303 e. The first kappa shape index (κ1) is 15.8. The van der Waals surface area contributed by atoms with E-state index in [0.29, 0.717) is 0 Å². The molecule has 1 heterocycles. The van der Waals surface area contributed by atoms with Crippen LogP contribution in [0.3, 0.4) is 0 Å². The number of amides is 1. The first-order valence-electron chi connectivity index (χ1n) is 5.68. The van der Waals surface area contributed by atoms with Crippen molar-refractivity contribution in [3.63, 3.8) is 0 Å². The average molecular weight is 279 g/mol. The topological polar surface area (TPSA) is 157 Å². The van der Waals surface area contributed by atoms with Crippen LogP contribution >= 0.6 is 0 Å². The molecule has 0 radical (unpaired) electrons. The van der Waals surface area contributed by atoms with Gasteiger partial charge < -0.3 is 35.6 Å². The molecule has 0 aromatic rings. The Labute approximate surface area is 108 Å². The smallest absolute Gasteiger partial charge is 0.303 e. The number of carbonyl (C=O) groups is 2. The molecule has 0 aliphatic carbocycles. The van der Waals surface area contributed by atoms with Gasteiger partial charge in [0.1, 0.15) is 24.4 Å². The molecule has 0 unspecified atom stereocenters. The molecule has 0 bridgehead atoms. The Morgan fingerprint density at radius 3 is 2.26 bits per heavy atom. The minimum atomic E-state index is -1.61. The van der Waals surface area contributed by atoms with Crippen molar-refractivity contribution in [3.8, 4) is 0 Å². The molecule has 1 aliphatic rings. The van der Waals surface area contributed by atoms with Crippen LogP contribution in [0.5, 0.6) is 0 Å². The average Bonchev–Trinajstić information content (AvgIpc) is 2.36. The third-order valence-electron chi connectivity index (χ3n) is 2.79. The van der Waals surface area contributed by atoms with Crippen molar-refractivity contribution in [3.05, 3.63) is 0 Å². The first-order valence-corrected chi connectivity index (χ1v) is 5.68. The van der Waals surface area contributed by atoms with Crippen LogP contribution in [-0.4, -0.2) is 74.7 Å². The van der Waals surface area contributed by atoms with E-state index in [-0.39, 0.29) is 6.42 Å². The molecule has 0 saturated carbocycles. The van der Waals surface area contributed by atoms with Crippen molar-refractivity contribution in [2.75, 3.05) is 6.61 Å². The lowest BCUT2D eigenvalue weighted by Gasteiger charge is -2.40. The summed E-state index contributed by atoms with van der Waals surface area (Å²) in [6, 6.07) is -1.29. The van der Waals surface area contributed by atoms with Crippen LogP contribution in [0, 0.1) is 0 Å². The SMILES string of the molecule is O=C(O)CCC(=O)N[C@@H]1[C@@H](O)[C@H](O)[C@@H](CO)O[C@@H]1O. The molecule has 6 N–H and O–H groups in total. The normalized spacial score (nSPS) is 34.8. The molecular formula is C10H17NO8. The number of aliphatic hydroxyl groups excluding tert-OH is 4. The third-order valence-corrected chi connectivity index (χ3v) is 2.79. The molecule has 0 aromatic carbocycles. The Morgan fingerprint density at radius 1 is 1.11 bits per heavy atom. The van der Waals surface area contributed by atoms with E-state index >= 15 is 0 Å². The standard InChI is InChI=1S/C10H17NO8/c12-3-4-8(16)9(17)7(10(18)19-4)11-5(13)1-2-6(14)15/h4,7-10,12,16-18H,1-3H2,(H,11,13)(H,14,15)/t4-,7-,8-,9-,10+/m1/s1. The predicted octanol–water partition coefficient (Wildman–Crippen LogP) is -3.23. The molecule has 0 aromatic heterocycles. The Hall–Kier alpha value is -1.26. The summed E-state index contributed by atoms with van der Waals surface area (Å²) in [4.78, 5) is 21.7. The highest BCUT2D eigenvalue weighted by atomic mass is 16.6. The Balaban J connectivity index is 2.57. The number of hydrogen-bond acceptors (Lipinski definition) is 7. The van der Waals surface area contributed by atoms with E-state index < -0.39 is 55.5 Å². The van der Waals surface area contributed by atoms with Gasteiger partial charge in [0.25, 0.3) is 0 Å². The number of ether oxygens (including phenoxy) is 1. The summed E-state index contributed by atoms with van der Waals surface area (Å²) >= 11 is 0. The van der Waals surface area contributed by atoms with Crippen LogP contribution in [0.15, 0.2) is 0 Å². The molecule has 9 nitrogen and oxygen atoms in total. The second kappa shape index (κ2) is 6.78. The summed E-state index contributed by atoms with van der Waals surface area (Å²) in [6.45, 7) is -0.602. The van der Waals surface area contributed by atoms with Crippen molar-refractivity contribution >= 4 is 11.9 Å². The molecule has 1 aliphatic heterocycles. The van der Waals surface area contributed by atoms with Crippen LogP contribution in [0.2, 0.25) is 0 Å². The first-order chi connectivity index (χ1) is 8.86. The van der Waals surface area contributed by atoms with E-state index in [1.807, 2.05) is 0 Å². The van der Waals surface area contributed by atoms with E-state index in [2.05, 4.69) is 5.32 Å². The van der Waals surface area contributed by atoms with Crippen LogP contribution in [0.1, 0.15) is 12.8 Å². The lowest BCUT2D eigenvalue weighted by Crippen LogP contribution is -2.64. The summed E-state index contributed by atoms with van der Waals surface area (Å²) in [5, 5.41) is 48.3. The third kappa shape index (κ3) is 4.11. The Bertz CT molecular complexity index is 335. The summed E-state index contributed by atoms with van der Waals surface area (Å²) < 4.78 is 4.82. The van der Waals surface area contributed by atoms with Crippen LogP contribution in [0.25, 0.3) is 0 Å². The van der Waals surface area contributed by atoms with Gasteiger partial charge in [-0.2, -0.15) is 0 Å². The van der Waals surface area contributed by atoms with Crippen molar-refractivity contribution in [2.24, 2.45) is 0 Å². The lowest BCUT2D eigenvalue weighted by atomic mass is 9.97. The number of aliphatic carboxylic acids is 1. The second-order valence-electron chi connectivity index (χ2n) is 4.22. The number of aliphatic hydroxyl groups is 4. The monoisotopic (exact) mass is 279 g/mol. The van der Waals surface area contributed by atoms with Gasteiger partial charge in [0.15, 0.2) is 6.29 Å². The minimum Gasteiger partial charge on any atom is -0.481 e. The zero-order valence-electron chi connectivity index (χ0n) is 9.97. The summed E-state index contributed by atoms with van der Waals surface area (Å²) in [6.07, 6.45) is -6.49. The molecule has 1 amide bonds. The summed E-state index contributed by atoms with van der Waals surface area (Å²) in [7, 11) is 0. The molecule has 9 heteroatoms. The molecular weight excluding hydrogens is 262 g/mol. The largest absolute Gasteiger partial charge is 0.481 e. The predicted molar refractivity (Wildman–Crippen MR) is 58.8 cm³/mol. The number of nitrogens with one attached hydrogen (secondary N) is 1. The quantitative estimate of drug-likeness (QED) is 0.306. The van der Waals surface area contributed by atoms with Crippen LogP contribution in [0.4, 0.5) is 0 Å². The number of carboxylic acids is 1. The van der Waals surface area contributed by atoms with Crippen molar-refractivity contribution in [1.82, 2.24) is 5.32 Å². The molecule has 1 saturated heterocycles. The highest BCUT2D eigenvalue weighted by Crippen LogP contribution is 2.19. The van der Waals surface area contributed by atoms with Gasteiger partial charge in [0, 0.05) is 6.42 Å². The zero-order valence-corrected chi connectivity index (χ0v) is 9.97. The second-order valence-corrected chi connectivity index (χ2v) is 4.22. The molecule has 1 fully saturated rings. The van der Waals surface area contributed by atoms with E-state index in [0.717, 1.165) is 0 Å². The minimum absolute atomic E-state index is 0.329. The number of carbonyl (C=O) groups excluding carboxylic acids is 1. The fraction of sp³-hybridized carbons (Fsp3) is 0.800. The highest BCUT2D eigenvalue weighted by Gasteiger charge is 2.44. The highest BCUT2D eigenvalue weighted by molar-refractivity contribution is 5.80. The maximum atomic E-state index is 11.4. The number of rotatable bonds is 5. The fourth-order valence-electron chi connectivity index (χ4n) is 1.73. The molecule has 1 rings (SSSR count). The molecule has 19 heavy (non-hydrogen) atoms. The van der Waals surface area contributed by atoms with Crippen LogP contribution < -0.4 is 5.32 Å². The number of carboxylic acid groups (broad SMARTS) is 1. The van der Waals surface area contributed by atoms with Gasteiger partial charge in [-0.25, -0.2) is 0 Å². The van der Waals surface area contributed by atoms with Crippen molar-refractivity contribution in [2.45, 2.75) is 43.5 Å². The van der Waals surface area contributed by atoms with Gasteiger partial charge in [0.05, 0.1) is 13.0 Å². The summed E-state index contributed by atoms with van der Waals surface area (Å²) in [5.74, 6) is -1.86. The zero-order chi connectivity index (χ0) is 14.6. The molecule has 110 valence electrons. The molecule has 0 spiro atoms. The van der Waals surface area contributed by atoms with Gasteiger partial charge >= 0.3 is 5.97 Å². The van der Waals surface area contributed by atoms with Crippen molar-refractivity contribution in [1.29, 1.82) is 0 Å². The Kier molecular flexibility index (Phi) is 5.63. The Morgan fingerprint density at radius 2 is 1.74 bits per heavy atom. The van der Waals surface area contributed by atoms with Gasteiger partial charge in [-0.1, -0.05) is 0 Å². The molecule has 5 atom stereocenters. The van der Waals surface area contributed by atoms with E-state index in [1.54, 1.807) is 0 Å². The summed E-state index contributed by atoms with van der Waals surface area (Å²) in [5.41, 5.74) is 0. The number of hydrogen-bond donors (Lipinski definition) is 6. The maximum absolute atomic E-state index is 11.4. The van der Waals surface area contributed by atoms with Gasteiger partial charge in [0.2, 0.25) is 5.91 Å². The van der Waals surface area contributed by atoms with E-state index in [1.165, 1.54) is 0 Å². The lowest BCUT2D eigenvalue weighted by molar-refractivity contribution is -0.253. The van der Waals surface area contributed by atoms with Gasteiger partial charge in [-0.3, -0.25) is 9.59 Å². The van der Waals surface area contributed by atoms with Crippen molar-refractivity contribution < 1.29 is 39.9 Å². The van der Waals surface area contributed by atoms with E-state index in [9.17, 15) is 24.9 Å². The fourth-order valence-corrected chi connectivity index (χ4v) is 1.73. The van der Waals surface area contributed by atoms with Gasteiger partial charge in [-0.05, 0) is 0 Å². The van der Waals surface area contributed by atoms with Crippen LogP contribution in [-0.2, 0) is 14.3 Å². The van der Waals surface area contributed by atoms with Gasteiger partial charge in [-0.15, -0.1) is 0 Å².